The molecule has 0 aliphatic carbocycles. The summed E-state index contributed by atoms with van der Waals surface area (Å²) in [5, 5.41) is 11.6. The van der Waals surface area contributed by atoms with Crippen LogP contribution in [0.3, 0.4) is 0 Å². The van der Waals surface area contributed by atoms with Gasteiger partial charge in [0.1, 0.15) is 19.0 Å². The Morgan fingerprint density at radius 1 is 1.14 bits per heavy atom. The first-order valence-electron chi connectivity index (χ1n) is 11.7. The Morgan fingerprint density at radius 3 is 2.64 bits per heavy atom. The van der Waals surface area contributed by atoms with Gasteiger partial charge in [-0.05, 0) is 30.7 Å². The number of ether oxygens (including phenoxy) is 3. The predicted molar refractivity (Wildman–Crippen MR) is 131 cm³/mol. The van der Waals surface area contributed by atoms with Crippen LogP contribution in [0.4, 0.5) is 5.69 Å². The summed E-state index contributed by atoms with van der Waals surface area (Å²) in [6.45, 7) is 5.07. The van der Waals surface area contributed by atoms with Crippen LogP contribution < -0.4 is 14.4 Å². The van der Waals surface area contributed by atoms with Crippen molar-refractivity contribution in [1.29, 1.82) is 0 Å². The molecule has 2 amide bonds. The van der Waals surface area contributed by atoms with Gasteiger partial charge in [-0.2, -0.15) is 0 Å². The monoisotopic (exact) mass is 490 g/mol. The zero-order valence-electron chi connectivity index (χ0n) is 19.9. The molecule has 0 aromatic heterocycles. The Morgan fingerprint density at radius 2 is 1.89 bits per heavy atom. The molecule has 2 aromatic rings. The molecule has 1 unspecified atom stereocenters. The van der Waals surface area contributed by atoms with E-state index in [0.29, 0.717) is 49.0 Å². The molecule has 3 aliphatic heterocycles. The molecule has 1 atom stereocenters. The number of para-hydroxylation sites is 1. The summed E-state index contributed by atoms with van der Waals surface area (Å²) < 4.78 is 16.3. The molecule has 1 N–H and O–H groups in total. The van der Waals surface area contributed by atoms with Crippen LogP contribution in [0.5, 0.6) is 11.5 Å². The number of nitrogens with zero attached hydrogens (tertiary/aromatic N) is 2. The molecule has 0 radical (unpaired) electrons. The fourth-order valence-electron chi connectivity index (χ4n) is 5.18. The van der Waals surface area contributed by atoms with Crippen LogP contribution in [0, 0.1) is 0 Å². The van der Waals surface area contributed by atoms with Crippen LogP contribution in [-0.4, -0.2) is 67.6 Å². The van der Waals surface area contributed by atoms with Crippen molar-refractivity contribution in [1.82, 2.24) is 4.90 Å². The highest BCUT2D eigenvalue weighted by Gasteiger charge is 2.66. The van der Waals surface area contributed by atoms with E-state index < -0.39 is 28.9 Å². The van der Waals surface area contributed by atoms with Gasteiger partial charge in [-0.3, -0.25) is 14.4 Å². The molecule has 5 rings (SSSR count). The number of benzene rings is 2. The number of amides is 2. The van der Waals surface area contributed by atoms with Crippen LogP contribution in [0.2, 0.25) is 0 Å². The van der Waals surface area contributed by atoms with Crippen molar-refractivity contribution in [2.75, 3.05) is 44.9 Å². The maximum Gasteiger partial charge on any atom is 0.296 e. The average Bonchev–Trinajstić information content (AvgIpc) is 3.27. The summed E-state index contributed by atoms with van der Waals surface area (Å²) in [4.78, 5) is 43.9. The summed E-state index contributed by atoms with van der Waals surface area (Å²) in [6.07, 6.45) is 1.97. The largest absolute Gasteiger partial charge is 0.507 e. The number of aliphatic hydroxyl groups is 1. The van der Waals surface area contributed by atoms with Crippen LogP contribution >= 0.6 is 0 Å². The lowest BCUT2D eigenvalue weighted by molar-refractivity contribution is -0.143. The van der Waals surface area contributed by atoms with Crippen LogP contribution in [0.1, 0.15) is 17.5 Å². The zero-order chi connectivity index (χ0) is 25.4. The van der Waals surface area contributed by atoms with Crippen molar-refractivity contribution >= 4 is 29.0 Å². The van der Waals surface area contributed by atoms with Gasteiger partial charge in [0.2, 0.25) is 0 Å². The first-order chi connectivity index (χ1) is 17.5. The number of methoxy groups -OCH3 is 1. The molecule has 1 saturated heterocycles. The minimum Gasteiger partial charge on any atom is -0.507 e. The number of likely N-dealkylation sites (tertiary alicyclic amines) is 1. The van der Waals surface area contributed by atoms with E-state index in [0.717, 1.165) is 0 Å². The Hall–Kier alpha value is -4.11. The Balaban J connectivity index is 1.76. The molecule has 0 bridgehead atoms. The fraction of sp³-hybridized carbons (Fsp3) is 0.296. The summed E-state index contributed by atoms with van der Waals surface area (Å²) in [5.41, 5.74) is -0.855. The minimum absolute atomic E-state index is 0.0817. The van der Waals surface area contributed by atoms with Crippen molar-refractivity contribution < 1.29 is 33.7 Å². The maximum atomic E-state index is 14.2. The summed E-state index contributed by atoms with van der Waals surface area (Å²) in [7, 11) is 1.54. The normalized spacial score (nSPS) is 21.9. The van der Waals surface area contributed by atoms with Gasteiger partial charge in [-0.1, -0.05) is 24.3 Å². The van der Waals surface area contributed by atoms with Crippen LogP contribution in [0.15, 0.2) is 60.7 Å². The molecule has 3 heterocycles. The van der Waals surface area contributed by atoms with E-state index in [2.05, 4.69) is 6.58 Å². The molecular weight excluding hydrogens is 464 g/mol. The molecule has 9 nitrogen and oxygen atoms in total. The van der Waals surface area contributed by atoms with E-state index in [-0.39, 0.29) is 24.2 Å². The lowest BCUT2D eigenvalue weighted by Gasteiger charge is -2.34. The highest BCUT2D eigenvalue weighted by Crippen LogP contribution is 2.53. The number of ketones is 1. The predicted octanol–water partition coefficient (Wildman–Crippen LogP) is 2.60. The second kappa shape index (κ2) is 9.16. The summed E-state index contributed by atoms with van der Waals surface area (Å²) >= 11 is 0. The van der Waals surface area contributed by atoms with Gasteiger partial charge < -0.3 is 29.1 Å². The second-order valence-corrected chi connectivity index (χ2v) is 8.65. The van der Waals surface area contributed by atoms with E-state index in [1.807, 2.05) is 0 Å². The number of hydrogen-bond acceptors (Lipinski definition) is 7. The number of hydrogen-bond donors (Lipinski definition) is 1. The van der Waals surface area contributed by atoms with Gasteiger partial charge >= 0.3 is 0 Å². The summed E-state index contributed by atoms with van der Waals surface area (Å²) in [5.74, 6) is -1.83. The average molecular weight is 491 g/mol. The van der Waals surface area contributed by atoms with Gasteiger partial charge in [0, 0.05) is 37.9 Å². The third-order valence-corrected chi connectivity index (χ3v) is 6.67. The first kappa shape index (κ1) is 23.6. The first-order valence-corrected chi connectivity index (χ1v) is 11.7. The SMILES string of the molecule is C=CCN1C(=O)C2(/C(=C(/O)c3ccc4c(c3)OCCO4)C(=O)C(=O)N2CCCOC)c2ccccc21. The van der Waals surface area contributed by atoms with Gasteiger partial charge in [0.25, 0.3) is 17.6 Å². The number of carbonyl (C=O) groups excluding carboxylic acids is 3. The lowest BCUT2D eigenvalue weighted by atomic mass is 9.81. The maximum absolute atomic E-state index is 14.2. The fourth-order valence-corrected chi connectivity index (χ4v) is 5.18. The molecule has 0 saturated carbocycles. The van der Waals surface area contributed by atoms with E-state index in [1.165, 1.54) is 16.9 Å². The quantitative estimate of drug-likeness (QED) is 0.209. The highest BCUT2D eigenvalue weighted by atomic mass is 16.6. The van der Waals surface area contributed by atoms with Crippen LogP contribution in [-0.2, 0) is 24.7 Å². The van der Waals surface area contributed by atoms with Crippen molar-refractivity contribution in [2.45, 2.75) is 12.0 Å². The van der Waals surface area contributed by atoms with E-state index in [1.54, 1.807) is 48.5 Å². The molecule has 186 valence electrons. The Bertz CT molecular complexity index is 1300. The highest BCUT2D eigenvalue weighted by molar-refractivity contribution is 6.50. The molecule has 1 fully saturated rings. The van der Waals surface area contributed by atoms with Gasteiger partial charge in [-0.15, -0.1) is 6.58 Å². The van der Waals surface area contributed by atoms with Gasteiger partial charge in [0.05, 0.1) is 11.3 Å². The second-order valence-electron chi connectivity index (χ2n) is 8.65. The molecular formula is C27H26N2O7. The number of carbonyl (C=O) groups is 3. The van der Waals surface area contributed by atoms with Crippen LogP contribution in [0.25, 0.3) is 5.76 Å². The van der Waals surface area contributed by atoms with E-state index in [4.69, 9.17) is 14.2 Å². The Kier molecular flexibility index (Phi) is 6.01. The van der Waals surface area contributed by atoms with Gasteiger partial charge in [0.15, 0.2) is 17.0 Å². The van der Waals surface area contributed by atoms with Gasteiger partial charge in [-0.25, -0.2) is 0 Å². The molecule has 3 aliphatic rings. The standard InChI is InChI=1S/C27H26N2O7/c1-3-11-28-19-8-5-4-7-18(19)27(26(28)33)22(24(31)25(32)29(27)12-6-13-34-2)23(30)17-9-10-20-21(16-17)36-15-14-35-20/h3-5,7-10,16,30H,1,6,11-15H2,2H3/b23-22+. The zero-order valence-corrected chi connectivity index (χ0v) is 19.9. The number of anilines is 1. The lowest BCUT2D eigenvalue weighted by Crippen LogP contribution is -2.52. The van der Waals surface area contributed by atoms with Crippen molar-refractivity contribution in [3.05, 3.63) is 71.8 Å². The molecule has 9 heteroatoms. The van der Waals surface area contributed by atoms with Crippen molar-refractivity contribution in [2.24, 2.45) is 0 Å². The number of Topliss-reactive ketones (excluding diaryl/α,β-unsaturated/α-hetero) is 1. The van der Waals surface area contributed by atoms with Crippen molar-refractivity contribution in [3.8, 4) is 11.5 Å². The minimum atomic E-state index is -1.82. The smallest absolute Gasteiger partial charge is 0.296 e. The molecule has 2 aromatic carbocycles. The third kappa shape index (κ3) is 3.30. The topological polar surface area (TPSA) is 106 Å². The molecule has 36 heavy (non-hydrogen) atoms. The number of fused-ring (bicyclic) bond motifs is 3. The number of rotatable bonds is 7. The van der Waals surface area contributed by atoms with E-state index >= 15 is 0 Å². The molecule has 1 spiro atoms. The third-order valence-electron chi connectivity index (χ3n) is 6.67. The Labute approximate surface area is 208 Å². The van der Waals surface area contributed by atoms with Crippen molar-refractivity contribution in [3.63, 3.8) is 0 Å². The number of aliphatic hydroxyl groups excluding tert-OH is 1. The van der Waals surface area contributed by atoms with E-state index in [9.17, 15) is 19.5 Å². The summed E-state index contributed by atoms with van der Waals surface area (Å²) in [6, 6.07) is 11.7.